The summed E-state index contributed by atoms with van der Waals surface area (Å²) < 4.78 is 2.51. The summed E-state index contributed by atoms with van der Waals surface area (Å²) in [4.78, 5) is 0. The van der Waals surface area contributed by atoms with Gasteiger partial charge in [0.1, 0.15) is 0 Å². The predicted octanol–water partition coefficient (Wildman–Crippen LogP) is 18.2. The topological polar surface area (TPSA) is 4.93 Å². The maximum absolute atomic E-state index is 2.51. The Morgan fingerprint density at radius 3 is 1.69 bits per heavy atom. The first-order valence-electron chi connectivity index (χ1n) is 25.1. The summed E-state index contributed by atoms with van der Waals surface area (Å²) in [6, 6.07) is 86.6. The van der Waals surface area contributed by atoms with E-state index in [0.29, 0.717) is 0 Å². The predicted molar refractivity (Wildman–Crippen MR) is 295 cm³/mol. The first kappa shape index (κ1) is 42.1. The molecule has 1 atom stereocenters. The van der Waals surface area contributed by atoms with Gasteiger partial charge in [-0.3, -0.25) is 0 Å². The first-order valence-corrected chi connectivity index (χ1v) is 25.1. The highest BCUT2D eigenvalue weighted by molar-refractivity contribution is 6.11. The van der Waals surface area contributed by atoms with Gasteiger partial charge in [-0.2, -0.15) is 0 Å². The van der Waals surface area contributed by atoms with Gasteiger partial charge in [0.25, 0.3) is 0 Å². The maximum Gasteiger partial charge on any atom is 0.0541 e. The minimum Gasteiger partial charge on any atom is -0.309 e. The van der Waals surface area contributed by atoms with Crippen molar-refractivity contribution in [2.45, 2.75) is 57.3 Å². The standard InChI is InChI=1S/C69H55N/c1-68(2)61-27-11-9-24-56(61)59-44-53(36-39-63(59)68)54(48-34-32-47(33-35-48)46-18-6-5-7-19-46)38-31-45-17-14-20-49(41-45)50-21-15-22-51(42-50)52-37-40-65-60(43-52)57-25-10-13-29-64(57)70(65)66-30-16-26-58-55-23-8-12-28-62(55)69(3,4)67(58)66/h5-30,32-37,39-44,54H,31,38H2,1-4H3. The average Bonchev–Trinajstić information content (AvgIpc) is 3.96. The van der Waals surface area contributed by atoms with E-state index in [1.165, 1.54) is 122 Å². The van der Waals surface area contributed by atoms with Crippen LogP contribution in [-0.2, 0) is 17.3 Å². The molecule has 2 aliphatic rings. The normalized spacial score (nSPS) is 14.3. The van der Waals surface area contributed by atoms with Crippen LogP contribution in [-0.4, -0.2) is 4.57 Å². The molecule has 0 radical (unpaired) electrons. The van der Waals surface area contributed by atoms with Gasteiger partial charge < -0.3 is 4.57 Å². The molecule has 11 aromatic rings. The highest BCUT2D eigenvalue weighted by atomic mass is 15.0. The first-order chi connectivity index (χ1) is 34.2. The number of nitrogens with zero attached hydrogens (tertiary/aromatic N) is 1. The number of rotatable bonds is 9. The molecule has 0 saturated carbocycles. The largest absolute Gasteiger partial charge is 0.309 e. The molecular weight excluding hydrogens is 843 g/mol. The van der Waals surface area contributed by atoms with Crippen molar-refractivity contribution in [3.8, 4) is 61.3 Å². The van der Waals surface area contributed by atoms with Crippen LogP contribution in [0.1, 0.15) is 79.0 Å². The van der Waals surface area contributed by atoms with Crippen molar-refractivity contribution in [2.24, 2.45) is 0 Å². The van der Waals surface area contributed by atoms with Crippen LogP contribution >= 0.6 is 0 Å². The van der Waals surface area contributed by atoms with Crippen molar-refractivity contribution in [1.82, 2.24) is 4.57 Å². The minimum absolute atomic E-state index is 0.0173. The fraction of sp³-hybridized carbons (Fsp3) is 0.130. The summed E-state index contributed by atoms with van der Waals surface area (Å²) in [5.41, 5.74) is 26.2. The van der Waals surface area contributed by atoms with Crippen molar-refractivity contribution in [1.29, 1.82) is 0 Å². The Labute approximate surface area is 412 Å². The van der Waals surface area contributed by atoms with Gasteiger partial charge in [-0.05, 0) is 138 Å². The second-order valence-electron chi connectivity index (χ2n) is 20.8. The van der Waals surface area contributed by atoms with E-state index in [-0.39, 0.29) is 16.7 Å². The van der Waals surface area contributed by atoms with E-state index in [9.17, 15) is 0 Å². The molecule has 13 rings (SSSR count). The van der Waals surface area contributed by atoms with Crippen molar-refractivity contribution < 1.29 is 0 Å². The van der Waals surface area contributed by atoms with Crippen LogP contribution in [0.15, 0.2) is 231 Å². The van der Waals surface area contributed by atoms with Crippen LogP contribution in [0.2, 0.25) is 0 Å². The molecule has 1 nitrogen and oxygen atoms in total. The Balaban J connectivity index is 0.827. The fourth-order valence-electron chi connectivity index (χ4n) is 12.5. The zero-order valence-corrected chi connectivity index (χ0v) is 40.4. The molecule has 0 saturated heterocycles. The Hall–Kier alpha value is -8.00. The Morgan fingerprint density at radius 1 is 0.357 bits per heavy atom. The Morgan fingerprint density at radius 2 is 0.900 bits per heavy atom. The summed E-state index contributed by atoms with van der Waals surface area (Å²) in [7, 11) is 0. The van der Waals surface area contributed by atoms with Crippen LogP contribution in [0.5, 0.6) is 0 Å². The van der Waals surface area contributed by atoms with Crippen LogP contribution in [0.3, 0.4) is 0 Å². The van der Waals surface area contributed by atoms with E-state index in [1.807, 2.05) is 0 Å². The molecule has 1 unspecified atom stereocenters. The average molecular weight is 898 g/mol. The lowest BCUT2D eigenvalue weighted by molar-refractivity contribution is 0.656. The molecule has 0 aliphatic heterocycles. The SMILES string of the molecule is CC1(C)c2ccccc2-c2cc(C(CCc3cccc(-c4cccc(-c5ccc6c(c5)c5ccccc5n6-c5cccc6c5C(C)(C)c5ccccc5-6)c4)c3)c3ccc(-c4ccccc4)cc3)ccc21. The maximum atomic E-state index is 2.51. The summed E-state index contributed by atoms with van der Waals surface area (Å²) in [6.45, 7) is 9.50. The fourth-order valence-corrected chi connectivity index (χ4v) is 12.5. The Bertz CT molecular complexity index is 3820. The number of hydrogen-bond donors (Lipinski definition) is 0. The lowest BCUT2D eigenvalue weighted by atomic mass is 9.80. The number of benzene rings is 10. The number of para-hydroxylation sites is 1. The van der Waals surface area contributed by atoms with E-state index in [0.717, 1.165) is 12.8 Å². The lowest BCUT2D eigenvalue weighted by Gasteiger charge is -2.25. The van der Waals surface area contributed by atoms with Crippen molar-refractivity contribution in [3.63, 3.8) is 0 Å². The molecule has 1 aromatic heterocycles. The number of fused-ring (bicyclic) bond motifs is 9. The zero-order chi connectivity index (χ0) is 47.1. The molecule has 0 bridgehead atoms. The third-order valence-corrected chi connectivity index (χ3v) is 16.1. The van der Waals surface area contributed by atoms with Crippen molar-refractivity contribution in [3.05, 3.63) is 269 Å². The molecule has 0 amide bonds. The molecule has 1 heteroatoms. The smallest absolute Gasteiger partial charge is 0.0541 e. The van der Waals surface area contributed by atoms with Crippen LogP contribution < -0.4 is 0 Å². The van der Waals surface area contributed by atoms with E-state index >= 15 is 0 Å². The van der Waals surface area contributed by atoms with E-state index < -0.39 is 0 Å². The number of aryl methyl sites for hydroxylation is 1. The summed E-state index contributed by atoms with van der Waals surface area (Å²) in [6.07, 6.45) is 1.97. The minimum atomic E-state index is -0.123. The lowest BCUT2D eigenvalue weighted by Crippen LogP contribution is -2.17. The van der Waals surface area contributed by atoms with Gasteiger partial charge in [-0.1, -0.05) is 228 Å². The van der Waals surface area contributed by atoms with Gasteiger partial charge >= 0.3 is 0 Å². The zero-order valence-electron chi connectivity index (χ0n) is 40.4. The van der Waals surface area contributed by atoms with Gasteiger partial charge in [-0.25, -0.2) is 0 Å². The quantitative estimate of drug-likeness (QED) is 0.136. The number of hydrogen-bond acceptors (Lipinski definition) is 0. The molecule has 1 heterocycles. The van der Waals surface area contributed by atoms with Crippen LogP contribution in [0.25, 0.3) is 83.1 Å². The summed E-state index contributed by atoms with van der Waals surface area (Å²) in [5.74, 6) is 0.240. The monoisotopic (exact) mass is 897 g/mol. The Kier molecular flexibility index (Phi) is 9.82. The third kappa shape index (κ3) is 6.74. The van der Waals surface area contributed by atoms with Crippen LogP contribution in [0.4, 0.5) is 0 Å². The molecule has 0 spiro atoms. The van der Waals surface area contributed by atoms with E-state index in [1.54, 1.807) is 0 Å². The highest BCUT2D eigenvalue weighted by Gasteiger charge is 2.38. The highest BCUT2D eigenvalue weighted by Crippen LogP contribution is 2.53. The summed E-state index contributed by atoms with van der Waals surface area (Å²) in [5, 5.41) is 2.54. The molecule has 2 aliphatic carbocycles. The van der Waals surface area contributed by atoms with Gasteiger partial charge in [0, 0.05) is 27.5 Å². The molecular formula is C69H55N. The summed E-state index contributed by atoms with van der Waals surface area (Å²) >= 11 is 0. The molecule has 0 fully saturated rings. The second-order valence-corrected chi connectivity index (χ2v) is 20.8. The van der Waals surface area contributed by atoms with Gasteiger partial charge in [-0.15, -0.1) is 0 Å². The third-order valence-electron chi connectivity index (χ3n) is 16.1. The molecule has 10 aromatic carbocycles. The second kappa shape index (κ2) is 16.3. The van der Waals surface area contributed by atoms with Crippen molar-refractivity contribution >= 4 is 21.8 Å². The van der Waals surface area contributed by atoms with Crippen LogP contribution in [0, 0.1) is 0 Å². The van der Waals surface area contributed by atoms with Crippen molar-refractivity contribution in [2.75, 3.05) is 0 Å². The molecule has 0 N–H and O–H groups in total. The van der Waals surface area contributed by atoms with Gasteiger partial charge in [0.2, 0.25) is 0 Å². The number of aromatic nitrogens is 1. The van der Waals surface area contributed by atoms with Gasteiger partial charge in [0.05, 0.1) is 16.7 Å². The molecule has 336 valence electrons. The van der Waals surface area contributed by atoms with Gasteiger partial charge in [0.15, 0.2) is 0 Å². The molecule has 70 heavy (non-hydrogen) atoms. The van der Waals surface area contributed by atoms with E-state index in [4.69, 9.17) is 0 Å². The van der Waals surface area contributed by atoms with E-state index in [2.05, 4.69) is 263 Å².